The Balaban J connectivity index is 0.968. The third-order valence-electron chi connectivity index (χ3n) is 19.2. The minimum atomic E-state index is -1.99. The summed E-state index contributed by atoms with van der Waals surface area (Å²) in [6.07, 6.45) is -39.9. The summed E-state index contributed by atoms with van der Waals surface area (Å²) < 4.78 is 60.3. The zero-order valence-electron chi connectivity index (χ0n) is 43.3. The second-order valence-corrected chi connectivity index (χ2v) is 23.6. The van der Waals surface area contributed by atoms with Crippen molar-refractivity contribution in [3.05, 3.63) is 12.2 Å². The van der Waals surface area contributed by atoms with E-state index < -0.39 is 214 Å². The summed E-state index contributed by atoms with van der Waals surface area (Å²) in [5.41, 5.74) is -2.81. The van der Waals surface area contributed by atoms with Crippen molar-refractivity contribution in [2.75, 3.05) is 33.0 Å². The van der Waals surface area contributed by atoms with Crippen molar-refractivity contribution in [3.63, 3.8) is 0 Å². The Morgan fingerprint density at radius 1 is 0.487 bits per heavy atom. The van der Waals surface area contributed by atoms with Crippen LogP contribution in [0.15, 0.2) is 12.2 Å². The molecule has 9 aliphatic rings. The quantitative estimate of drug-likeness (QED) is 0.0411. The molecule has 0 aromatic rings. The number of esters is 1. The first-order chi connectivity index (χ1) is 36.9. The van der Waals surface area contributed by atoms with E-state index >= 15 is 0 Å². The number of rotatable bonds is 15. The van der Waals surface area contributed by atoms with Crippen molar-refractivity contribution in [3.8, 4) is 0 Å². The Bertz CT molecular complexity index is 2070. The summed E-state index contributed by atoms with van der Waals surface area (Å²) in [5.74, 6) is -1.14. The summed E-state index contributed by atoms with van der Waals surface area (Å²) in [5, 5.41) is 181. The molecule has 5 saturated heterocycles. The summed E-state index contributed by atoms with van der Waals surface area (Å²) in [7, 11) is 0. The van der Waals surface area contributed by atoms with Gasteiger partial charge in [-0.1, -0.05) is 19.9 Å². The van der Waals surface area contributed by atoms with Crippen LogP contribution in [0.1, 0.15) is 71.6 Å². The monoisotopic (exact) mass is 1130 g/mol. The van der Waals surface area contributed by atoms with Crippen LogP contribution in [0.25, 0.3) is 0 Å². The standard InChI is InChI=1S/C50H80O28/c1-18-11-49-9-5-24-47(2,7-4-8-48(24,3)46(68)77-44-39(34(64)29(59)22(15-54)72-44)75-42-36(66)32(62)27(57)20(13-52)70-42)25(49)6-10-50(18,17-49)78-45-40(76-43-37(67)33(63)28(58)21(14-53)71-43)38(30(60)23(16-55)73-45)74-41-35(65)31(61)26(56)19(12-51)69-41/h19-45,51-67H,1,4-17H2,2-3H3/t19-,20-,21-,22-,23-,24+,25-,26-,27-,28-,29-,30-,31+,32+,33+,34+,35-,36-,37-,38+,39-,40-,41+,42+,43+,44+,45+,47-,48-,49-,50+/m1/s1. The molecule has 31 atom stereocenters. The molecule has 4 saturated carbocycles. The van der Waals surface area contributed by atoms with Crippen LogP contribution in [0.3, 0.4) is 0 Å². The predicted molar refractivity (Wildman–Crippen MR) is 252 cm³/mol. The van der Waals surface area contributed by atoms with E-state index in [0.29, 0.717) is 63.4 Å². The number of carbonyl (C=O) groups excluding carboxylic acids is 1. The predicted octanol–water partition coefficient (Wildman–Crippen LogP) is -7.29. The van der Waals surface area contributed by atoms with E-state index in [1.807, 2.05) is 0 Å². The fraction of sp³-hybridized carbons (Fsp3) is 0.940. The van der Waals surface area contributed by atoms with Crippen LogP contribution >= 0.6 is 0 Å². The number of aliphatic hydroxyl groups is 17. The Labute approximate surface area is 448 Å². The van der Waals surface area contributed by atoms with Gasteiger partial charge in [-0.05, 0) is 86.5 Å². The molecule has 28 nitrogen and oxygen atoms in total. The Kier molecular flexibility index (Phi) is 18.2. The lowest BCUT2D eigenvalue weighted by atomic mass is 9.41. The topological polar surface area (TPSA) is 453 Å². The van der Waals surface area contributed by atoms with Crippen molar-refractivity contribution in [1.82, 2.24) is 0 Å². The molecule has 0 aromatic heterocycles. The molecule has 5 heterocycles. The van der Waals surface area contributed by atoms with Gasteiger partial charge >= 0.3 is 5.97 Å². The minimum absolute atomic E-state index is 0.0705. The van der Waals surface area contributed by atoms with Crippen molar-refractivity contribution >= 4 is 5.97 Å². The lowest BCUT2D eigenvalue weighted by Crippen LogP contribution is -2.68. The summed E-state index contributed by atoms with van der Waals surface area (Å²) >= 11 is 0. The van der Waals surface area contributed by atoms with Gasteiger partial charge in [-0.15, -0.1) is 0 Å². The average molecular weight is 1130 g/mol. The van der Waals surface area contributed by atoms with Crippen LogP contribution in [-0.4, -0.2) is 285 Å². The fourth-order valence-corrected chi connectivity index (χ4v) is 15.0. The van der Waals surface area contributed by atoms with Crippen LogP contribution in [-0.2, 0) is 52.2 Å². The van der Waals surface area contributed by atoms with Gasteiger partial charge in [-0.25, -0.2) is 0 Å². The van der Waals surface area contributed by atoms with Crippen molar-refractivity contribution in [2.45, 2.75) is 231 Å². The maximum atomic E-state index is 14.9. The molecule has 28 heteroatoms. The Hall–Kier alpha value is -1.83. The largest absolute Gasteiger partial charge is 0.432 e. The van der Waals surface area contributed by atoms with Gasteiger partial charge in [0.25, 0.3) is 0 Å². The third-order valence-corrected chi connectivity index (χ3v) is 19.2. The molecule has 17 N–H and O–H groups in total. The third kappa shape index (κ3) is 10.3. The SMILES string of the molecule is C=C1C[C@@]23CC[C@H]4[C@@](C)(CCC[C@@]4(C)C(=O)O[C@@H]4O[C@H](CO)[C@@H](O)[C@H](O)[C@H]4O[C@@H]4O[C@H](CO)[C@@H](O)[C@H](O)[C@H]4O)[C@H]2CC[C@]1(O[C@@H]1O[C@H](CO)[C@@H](O)[C@H](O[C@@H]2O[C@H](CO)[C@@H](O)[C@H](O)[C@H]2O)[C@H]1O[C@@H]1O[C@H](CO)[C@@H](O)[C@H](O)[C@H]1O)C3. The second kappa shape index (κ2) is 23.3. The van der Waals surface area contributed by atoms with Gasteiger partial charge < -0.3 is 134 Å². The zero-order valence-corrected chi connectivity index (χ0v) is 43.3. The lowest BCUT2D eigenvalue weighted by molar-refractivity contribution is -0.400. The maximum Gasteiger partial charge on any atom is 0.314 e. The molecule has 1 spiro atoms. The molecular formula is C50H80O28. The van der Waals surface area contributed by atoms with E-state index in [1.165, 1.54) is 0 Å². The molecule has 0 radical (unpaired) electrons. The summed E-state index contributed by atoms with van der Waals surface area (Å²) in [6, 6.07) is 0. The van der Waals surface area contributed by atoms with Gasteiger partial charge in [0.1, 0.15) is 116 Å². The first-order valence-electron chi connectivity index (χ1n) is 26.9. The summed E-state index contributed by atoms with van der Waals surface area (Å²) in [6.45, 7) is 4.32. The van der Waals surface area contributed by atoms with Gasteiger partial charge in [-0.2, -0.15) is 0 Å². The molecule has 9 rings (SSSR count). The highest BCUT2D eigenvalue weighted by atomic mass is 16.8. The molecule has 0 aromatic carbocycles. The Morgan fingerprint density at radius 3 is 1.41 bits per heavy atom. The number of aliphatic hydroxyl groups excluding tert-OH is 17. The van der Waals surface area contributed by atoms with Crippen molar-refractivity contribution in [1.29, 1.82) is 0 Å². The van der Waals surface area contributed by atoms with Crippen LogP contribution in [0.5, 0.6) is 0 Å². The van der Waals surface area contributed by atoms with Crippen LogP contribution in [0.4, 0.5) is 0 Å². The maximum absolute atomic E-state index is 14.9. The zero-order chi connectivity index (χ0) is 56.7. The molecule has 4 aliphatic carbocycles. The van der Waals surface area contributed by atoms with Gasteiger partial charge in [0.05, 0.1) is 44.1 Å². The van der Waals surface area contributed by atoms with Gasteiger partial charge in [-0.3, -0.25) is 4.79 Å². The van der Waals surface area contributed by atoms with Crippen molar-refractivity contribution in [2.24, 2.45) is 28.1 Å². The minimum Gasteiger partial charge on any atom is -0.432 e. The number of ether oxygens (including phenoxy) is 10. The van der Waals surface area contributed by atoms with E-state index in [1.54, 1.807) is 6.92 Å². The highest BCUT2D eigenvalue weighted by Crippen LogP contribution is 2.74. The molecule has 0 amide bonds. The van der Waals surface area contributed by atoms with E-state index in [4.69, 9.17) is 47.4 Å². The van der Waals surface area contributed by atoms with Crippen LogP contribution in [0.2, 0.25) is 0 Å². The molecular weight excluding hydrogens is 1050 g/mol. The number of hydrogen-bond acceptors (Lipinski definition) is 28. The highest BCUT2D eigenvalue weighted by molar-refractivity contribution is 5.77. The molecule has 9 fully saturated rings. The number of fused-ring (bicyclic) bond motifs is 3. The first kappa shape index (κ1) is 60.8. The lowest BCUT2D eigenvalue weighted by Gasteiger charge is -2.64. The number of hydrogen-bond donors (Lipinski definition) is 17. The normalized spacial score (nSPS) is 54.5. The van der Waals surface area contributed by atoms with E-state index in [-0.39, 0.29) is 11.8 Å². The van der Waals surface area contributed by atoms with Gasteiger partial charge in [0, 0.05) is 0 Å². The first-order valence-corrected chi connectivity index (χ1v) is 26.9. The number of carbonyl (C=O) groups is 1. The Morgan fingerprint density at radius 2 is 0.910 bits per heavy atom. The van der Waals surface area contributed by atoms with Gasteiger partial charge in [0.2, 0.25) is 6.29 Å². The molecule has 5 aliphatic heterocycles. The molecule has 2 bridgehead atoms. The van der Waals surface area contributed by atoms with Crippen LogP contribution in [0, 0.1) is 28.1 Å². The fourth-order valence-electron chi connectivity index (χ4n) is 15.0. The van der Waals surface area contributed by atoms with E-state index in [0.717, 1.165) is 0 Å². The van der Waals surface area contributed by atoms with E-state index in [9.17, 15) is 91.6 Å². The molecule has 448 valence electrons. The molecule has 78 heavy (non-hydrogen) atoms. The second-order valence-electron chi connectivity index (χ2n) is 23.6. The smallest absolute Gasteiger partial charge is 0.314 e. The highest BCUT2D eigenvalue weighted by Gasteiger charge is 2.70. The average Bonchev–Trinajstić information content (AvgIpc) is 3.69. The van der Waals surface area contributed by atoms with Crippen molar-refractivity contribution < 1.29 is 139 Å². The summed E-state index contributed by atoms with van der Waals surface area (Å²) in [4.78, 5) is 14.9. The van der Waals surface area contributed by atoms with Crippen LogP contribution < -0.4 is 0 Å². The van der Waals surface area contributed by atoms with Gasteiger partial charge in [0.15, 0.2) is 31.3 Å². The van der Waals surface area contributed by atoms with E-state index in [2.05, 4.69) is 13.5 Å². The molecule has 0 unspecified atom stereocenters.